The molecule has 0 spiro atoms. The van der Waals surface area contributed by atoms with Gasteiger partial charge in [0.2, 0.25) is 0 Å². The molecule has 0 saturated heterocycles. The molecule has 0 amide bonds. The number of hydrogen-bond donors (Lipinski definition) is 0. The maximum atomic E-state index is 7.21. The Hall–Kier alpha value is -7.03. The second-order valence-corrected chi connectivity index (χ2v) is 32.5. The largest absolute Gasteiger partial charge is 0.458 e. The molecule has 10 aromatic rings. The van der Waals surface area contributed by atoms with Crippen molar-refractivity contribution in [2.45, 2.75) is 185 Å². The topological polar surface area (TPSA) is 18.5 Å². The van der Waals surface area contributed by atoms with Gasteiger partial charge in [-0.15, -0.1) is 0 Å². The summed E-state index contributed by atoms with van der Waals surface area (Å²) in [5.74, 6) is 3.86. The smallest absolute Gasteiger partial charge is 0.252 e. The lowest BCUT2D eigenvalue weighted by atomic mass is 9.31. The normalized spacial score (nSPS) is 14.5. The standard InChI is InChI=1S/C80H84B2O2/c1-41-23-25-59-63(29-41)83-65-31-43(3)27-53-49-37-48(68-57(79(17,18)19)35-46(76(8,9)10)36-58(68)80(20,21)22)52-40-62-70-50(54-28-44(4)32-66-74(54)82(62)60-26-24-42(2)30-64(60)84-66)38-47(51-39-61(81(59)73(53)65)69(49)71(52)72(51)70)67-55(77(11,12)13)33-45(75(5,6)7)34-56(67)78(14,15)16/h23-40H,1-22H3. The van der Waals surface area contributed by atoms with Crippen molar-refractivity contribution < 1.29 is 9.47 Å². The van der Waals surface area contributed by atoms with E-state index in [9.17, 15) is 0 Å². The predicted octanol–water partition coefficient (Wildman–Crippen LogP) is 18.1. The molecule has 4 aliphatic rings. The number of hydrogen-bond acceptors (Lipinski definition) is 2. The van der Waals surface area contributed by atoms with E-state index in [-0.39, 0.29) is 45.9 Å². The molecule has 4 aliphatic heterocycles. The quantitative estimate of drug-likeness (QED) is 0.127. The molecule has 422 valence electrons. The summed E-state index contributed by atoms with van der Waals surface area (Å²) in [6.07, 6.45) is 0. The molecular formula is C80H84B2O2. The van der Waals surface area contributed by atoms with Gasteiger partial charge in [-0.1, -0.05) is 208 Å². The van der Waals surface area contributed by atoms with E-state index >= 15 is 0 Å². The van der Waals surface area contributed by atoms with Crippen molar-refractivity contribution in [2.75, 3.05) is 0 Å². The van der Waals surface area contributed by atoms with Gasteiger partial charge in [-0.2, -0.15) is 0 Å². The minimum Gasteiger partial charge on any atom is -0.458 e. The van der Waals surface area contributed by atoms with Crippen molar-refractivity contribution in [3.8, 4) is 67.5 Å². The Bertz CT molecular complexity index is 4210. The third kappa shape index (κ3) is 7.96. The summed E-state index contributed by atoms with van der Waals surface area (Å²) in [4.78, 5) is 0. The first-order valence-electron chi connectivity index (χ1n) is 31.2. The molecule has 0 radical (unpaired) electrons. The van der Waals surface area contributed by atoms with Crippen LogP contribution in [0, 0.1) is 27.7 Å². The van der Waals surface area contributed by atoms with Gasteiger partial charge in [0, 0.05) is 0 Å². The summed E-state index contributed by atoms with van der Waals surface area (Å²) >= 11 is 0. The number of fused-ring (bicyclic) bond motifs is 8. The van der Waals surface area contributed by atoms with E-state index in [0.29, 0.717) is 0 Å². The Morgan fingerprint density at radius 2 is 0.595 bits per heavy atom. The fourth-order valence-electron chi connectivity index (χ4n) is 15.5. The molecule has 14 rings (SSSR count). The molecule has 0 bridgehead atoms. The molecule has 84 heavy (non-hydrogen) atoms. The third-order valence-electron chi connectivity index (χ3n) is 19.7. The minimum atomic E-state index is -0.198. The predicted molar refractivity (Wildman–Crippen MR) is 365 cm³/mol. The van der Waals surface area contributed by atoms with Crippen LogP contribution in [-0.4, -0.2) is 13.4 Å². The molecule has 0 saturated carbocycles. The minimum absolute atomic E-state index is 0.0601. The first kappa shape index (κ1) is 54.9. The van der Waals surface area contributed by atoms with Crippen LogP contribution in [0.2, 0.25) is 0 Å². The highest BCUT2D eigenvalue weighted by atomic mass is 16.5. The van der Waals surface area contributed by atoms with E-state index in [4.69, 9.17) is 9.47 Å². The lowest BCUT2D eigenvalue weighted by molar-refractivity contribution is 0.486. The third-order valence-corrected chi connectivity index (χ3v) is 19.7. The van der Waals surface area contributed by atoms with Crippen LogP contribution in [0.25, 0.3) is 76.8 Å². The van der Waals surface area contributed by atoms with Crippen molar-refractivity contribution in [1.29, 1.82) is 0 Å². The molecule has 0 aromatic heterocycles. The van der Waals surface area contributed by atoms with Gasteiger partial charge >= 0.3 is 0 Å². The van der Waals surface area contributed by atoms with Gasteiger partial charge in [-0.3, -0.25) is 0 Å². The molecule has 2 nitrogen and oxygen atoms in total. The Labute approximate surface area is 502 Å². The SMILES string of the molecule is Cc1ccc2c(c1)Oc1cc(C)cc3c1B2c1cc2c(-c4c(C(C)(C)C)cc(C(C)(C)C)cc4C(C)(C)C)cc4c5c(cc6c(-c7c(C(C)(C)C)cc(C(C)(C)C)cc7C(C)(C)C)cc-3c1c6c25)B1c2ccc(C)cc2Oc2cc(C)cc-4c21. The number of ether oxygens (including phenoxy) is 2. The Morgan fingerprint density at radius 3 is 0.905 bits per heavy atom. The summed E-state index contributed by atoms with van der Waals surface area (Å²) in [5.41, 5.74) is 30.5. The van der Waals surface area contributed by atoms with Gasteiger partial charge < -0.3 is 9.47 Å². The first-order chi connectivity index (χ1) is 39.1. The molecule has 4 heterocycles. The average molecular weight is 1100 g/mol. The van der Waals surface area contributed by atoms with Crippen molar-refractivity contribution in [1.82, 2.24) is 0 Å². The van der Waals surface area contributed by atoms with Gasteiger partial charge in [0.25, 0.3) is 13.4 Å². The molecule has 0 atom stereocenters. The average Bonchev–Trinajstić information content (AvgIpc) is 0.763. The van der Waals surface area contributed by atoms with Crippen molar-refractivity contribution in [2.24, 2.45) is 0 Å². The van der Waals surface area contributed by atoms with E-state index in [1.54, 1.807) is 0 Å². The van der Waals surface area contributed by atoms with Crippen LogP contribution in [0.5, 0.6) is 23.0 Å². The number of rotatable bonds is 2. The molecular weight excluding hydrogens is 1010 g/mol. The van der Waals surface area contributed by atoms with Gasteiger partial charge in [0.05, 0.1) is 0 Å². The first-order valence-corrected chi connectivity index (χ1v) is 31.2. The van der Waals surface area contributed by atoms with E-state index in [2.05, 4.69) is 262 Å². The van der Waals surface area contributed by atoms with E-state index in [0.717, 1.165) is 23.0 Å². The summed E-state index contributed by atoms with van der Waals surface area (Å²) in [7, 11) is 0. The van der Waals surface area contributed by atoms with E-state index < -0.39 is 0 Å². The van der Waals surface area contributed by atoms with Crippen molar-refractivity contribution in [3.05, 3.63) is 165 Å². The zero-order valence-corrected chi connectivity index (χ0v) is 54.4. The molecule has 0 N–H and O–H groups in total. The molecule has 0 unspecified atom stereocenters. The van der Waals surface area contributed by atoms with Gasteiger partial charge in [0.1, 0.15) is 23.0 Å². The molecule has 0 fully saturated rings. The van der Waals surface area contributed by atoms with Crippen LogP contribution in [0.15, 0.2) is 109 Å². The zero-order chi connectivity index (χ0) is 59.9. The Kier molecular flexibility index (Phi) is 11.3. The molecule has 10 aromatic carbocycles. The lowest BCUT2D eigenvalue weighted by Crippen LogP contribution is -2.58. The van der Waals surface area contributed by atoms with Crippen molar-refractivity contribution in [3.63, 3.8) is 0 Å². The highest BCUT2D eigenvalue weighted by Crippen LogP contribution is 2.56. The number of aryl methyl sites for hydroxylation is 4. The lowest BCUT2D eigenvalue weighted by Gasteiger charge is -2.39. The van der Waals surface area contributed by atoms with Crippen molar-refractivity contribution >= 4 is 78.5 Å². The van der Waals surface area contributed by atoms with E-state index in [1.807, 2.05) is 0 Å². The highest BCUT2D eigenvalue weighted by molar-refractivity contribution is 7.01. The van der Waals surface area contributed by atoms with Crippen LogP contribution in [0.3, 0.4) is 0 Å². The van der Waals surface area contributed by atoms with Gasteiger partial charge in [-0.05, 0) is 251 Å². The summed E-state index contributed by atoms with van der Waals surface area (Å²) in [6.45, 7) is 52.4. The fraction of sp³-hybridized carbons (Fsp3) is 0.350. The van der Waals surface area contributed by atoms with Gasteiger partial charge in [0.15, 0.2) is 0 Å². The van der Waals surface area contributed by atoms with Crippen LogP contribution >= 0.6 is 0 Å². The van der Waals surface area contributed by atoms with Crippen LogP contribution < -0.4 is 42.3 Å². The summed E-state index contributed by atoms with van der Waals surface area (Å²) < 4.78 is 14.4. The molecule has 0 aliphatic carbocycles. The zero-order valence-electron chi connectivity index (χ0n) is 54.4. The molecule has 4 heteroatoms. The Balaban J connectivity index is 1.31. The Morgan fingerprint density at radius 1 is 0.274 bits per heavy atom. The summed E-state index contributed by atoms with van der Waals surface area (Å²) in [6, 6.07) is 44.6. The number of benzene rings is 10. The van der Waals surface area contributed by atoms with Crippen LogP contribution in [-0.2, 0) is 32.5 Å². The van der Waals surface area contributed by atoms with Crippen LogP contribution in [0.1, 0.15) is 180 Å². The highest BCUT2D eigenvalue weighted by Gasteiger charge is 2.46. The monoisotopic (exact) mass is 1100 g/mol. The fourth-order valence-corrected chi connectivity index (χ4v) is 15.5. The second-order valence-electron chi connectivity index (χ2n) is 32.5. The second kappa shape index (κ2) is 17.3. The maximum absolute atomic E-state index is 7.21. The summed E-state index contributed by atoms with van der Waals surface area (Å²) in [5, 5.41) is 8.13. The van der Waals surface area contributed by atoms with Gasteiger partial charge in [-0.25, -0.2) is 0 Å². The maximum Gasteiger partial charge on any atom is 0.252 e. The van der Waals surface area contributed by atoms with E-state index in [1.165, 1.54) is 165 Å². The van der Waals surface area contributed by atoms with Crippen LogP contribution in [0.4, 0.5) is 0 Å².